The van der Waals surface area contributed by atoms with Gasteiger partial charge in [-0.2, -0.15) is 0 Å². The predicted molar refractivity (Wildman–Crippen MR) is 96.1 cm³/mol. The summed E-state index contributed by atoms with van der Waals surface area (Å²) in [6, 6.07) is -0.661. The Morgan fingerprint density at radius 1 is 1.00 bits per heavy atom. The number of rotatable bonds is 6. The van der Waals surface area contributed by atoms with E-state index in [4.69, 9.17) is 23.7 Å². The topological polar surface area (TPSA) is 113 Å². The number of aliphatic carboxylic acids is 1. The molecule has 0 radical (unpaired) electrons. The van der Waals surface area contributed by atoms with Gasteiger partial charge in [0.1, 0.15) is 24.4 Å². The van der Waals surface area contributed by atoms with Crippen molar-refractivity contribution < 1.29 is 38.4 Å². The number of hydrogen-bond acceptors (Lipinski definition) is 8. The Labute approximate surface area is 164 Å². The van der Waals surface area contributed by atoms with Crippen LogP contribution in [0.2, 0.25) is 0 Å². The lowest BCUT2D eigenvalue weighted by Gasteiger charge is -2.41. The molecule has 0 aromatic heterocycles. The van der Waals surface area contributed by atoms with Crippen molar-refractivity contribution in [3.8, 4) is 0 Å². The largest absolute Gasteiger partial charge is 0.481 e. The number of carbonyl (C=O) groups excluding carboxylic acids is 1. The Balaban J connectivity index is 1.90. The van der Waals surface area contributed by atoms with Crippen LogP contribution in [0.15, 0.2) is 11.8 Å². The molecule has 158 valence electrons. The molecule has 6 atom stereocenters. The van der Waals surface area contributed by atoms with Gasteiger partial charge in [-0.25, -0.2) is 0 Å². The number of hydrogen-bond donors (Lipinski definition) is 2. The minimum absolute atomic E-state index is 0.141. The van der Waals surface area contributed by atoms with E-state index in [9.17, 15) is 14.7 Å². The summed E-state index contributed by atoms with van der Waals surface area (Å²) in [5.41, 5.74) is 0.545. The van der Waals surface area contributed by atoms with Crippen molar-refractivity contribution in [2.45, 2.75) is 96.3 Å². The third kappa shape index (κ3) is 4.55. The van der Waals surface area contributed by atoms with Gasteiger partial charge in [-0.1, -0.05) is 0 Å². The molecule has 2 N–H and O–H groups in total. The molecule has 6 unspecified atom stereocenters. The minimum atomic E-state index is -1.00. The molecule has 0 bridgehead atoms. The van der Waals surface area contributed by atoms with Crippen LogP contribution in [-0.4, -0.2) is 65.2 Å². The van der Waals surface area contributed by atoms with Gasteiger partial charge in [0.15, 0.2) is 23.6 Å². The molecule has 3 fully saturated rings. The molecule has 3 aliphatic rings. The van der Waals surface area contributed by atoms with Gasteiger partial charge >= 0.3 is 5.97 Å². The quantitative estimate of drug-likeness (QED) is 0.638. The molecule has 0 aliphatic carbocycles. The Kier molecular flexibility index (Phi) is 5.59. The molecule has 28 heavy (non-hydrogen) atoms. The van der Waals surface area contributed by atoms with E-state index < -0.39 is 54.3 Å². The third-order valence-electron chi connectivity index (χ3n) is 4.81. The van der Waals surface area contributed by atoms with Crippen molar-refractivity contribution in [3.63, 3.8) is 0 Å². The average molecular weight is 399 g/mol. The Bertz CT molecular complexity index is 673. The molecule has 3 aliphatic heterocycles. The summed E-state index contributed by atoms with van der Waals surface area (Å²) in [4.78, 5) is 22.9. The molecular weight excluding hydrogens is 370 g/mol. The summed E-state index contributed by atoms with van der Waals surface area (Å²) >= 11 is 0. The zero-order valence-electron chi connectivity index (χ0n) is 17.1. The van der Waals surface area contributed by atoms with Crippen molar-refractivity contribution in [3.05, 3.63) is 11.8 Å². The van der Waals surface area contributed by atoms with Gasteiger partial charge in [-0.15, -0.1) is 0 Å². The molecular formula is C19H29NO8. The number of fused-ring (bicyclic) bond motifs is 3. The number of allylic oxidation sites excluding steroid dienone is 2. The standard InChI is InChI=1S/C19H29NO8/c1-9(7-10(2)21)20-11(8-12(22)23)13-14-15(26-18(3,4)25-14)16-17(24-13)28-19(5,6)27-16/h7,11,13-17,20H,8H2,1-6H3,(H,22,23)/b9-7-. The van der Waals surface area contributed by atoms with E-state index in [1.165, 1.54) is 13.0 Å². The first-order valence-electron chi connectivity index (χ1n) is 9.41. The van der Waals surface area contributed by atoms with Crippen LogP contribution in [0, 0.1) is 0 Å². The highest BCUT2D eigenvalue weighted by Gasteiger charge is 2.61. The zero-order valence-corrected chi connectivity index (χ0v) is 17.1. The maximum atomic E-state index is 11.5. The first-order valence-corrected chi connectivity index (χ1v) is 9.41. The van der Waals surface area contributed by atoms with E-state index in [1.54, 1.807) is 34.6 Å². The molecule has 0 saturated carbocycles. The number of ether oxygens (including phenoxy) is 5. The van der Waals surface area contributed by atoms with Crippen LogP contribution in [0.1, 0.15) is 48.0 Å². The normalized spacial score (nSPS) is 37.1. The fourth-order valence-electron chi connectivity index (χ4n) is 4.04. The van der Waals surface area contributed by atoms with Crippen molar-refractivity contribution in [1.82, 2.24) is 5.32 Å². The molecule has 3 saturated heterocycles. The second kappa shape index (κ2) is 7.38. The predicted octanol–water partition coefficient (Wildman–Crippen LogP) is 1.31. The van der Waals surface area contributed by atoms with Crippen LogP contribution in [0.4, 0.5) is 0 Å². The van der Waals surface area contributed by atoms with E-state index in [-0.39, 0.29) is 12.2 Å². The molecule has 9 nitrogen and oxygen atoms in total. The summed E-state index contributed by atoms with van der Waals surface area (Å²) in [5, 5.41) is 12.5. The Morgan fingerprint density at radius 2 is 1.57 bits per heavy atom. The molecule has 3 rings (SSSR count). The van der Waals surface area contributed by atoms with E-state index in [0.717, 1.165) is 0 Å². The van der Waals surface area contributed by atoms with Gasteiger partial charge in [0.05, 0.1) is 12.5 Å². The summed E-state index contributed by atoms with van der Waals surface area (Å²) in [6.07, 6.45) is -1.75. The van der Waals surface area contributed by atoms with Crippen LogP contribution >= 0.6 is 0 Å². The molecule has 0 spiro atoms. The van der Waals surface area contributed by atoms with Gasteiger partial charge in [-0.3, -0.25) is 9.59 Å². The van der Waals surface area contributed by atoms with Crippen LogP contribution in [0.25, 0.3) is 0 Å². The van der Waals surface area contributed by atoms with Crippen molar-refractivity contribution >= 4 is 11.8 Å². The summed E-state index contributed by atoms with van der Waals surface area (Å²) < 4.78 is 30.1. The SMILES string of the molecule is CC(=O)/C=C(/C)NC(CC(=O)O)C1OC2OC(C)(C)OC2C2OC(C)(C)OC12. The fourth-order valence-corrected chi connectivity index (χ4v) is 4.04. The first kappa shape index (κ1) is 21.2. The summed E-state index contributed by atoms with van der Waals surface area (Å²) in [6.45, 7) is 10.3. The zero-order chi connectivity index (χ0) is 20.9. The van der Waals surface area contributed by atoms with E-state index in [0.29, 0.717) is 5.70 Å². The van der Waals surface area contributed by atoms with E-state index in [1.807, 2.05) is 0 Å². The molecule has 0 aromatic carbocycles. The van der Waals surface area contributed by atoms with Crippen LogP contribution < -0.4 is 5.32 Å². The number of carboxylic acid groups (broad SMARTS) is 1. The van der Waals surface area contributed by atoms with Crippen LogP contribution in [0.5, 0.6) is 0 Å². The summed E-state index contributed by atoms with van der Waals surface area (Å²) in [5.74, 6) is -2.87. The lowest BCUT2D eigenvalue weighted by atomic mass is 9.92. The lowest BCUT2D eigenvalue weighted by Crippen LogP contribution is -2.61. The first-order chi connectivity index (χ1) is 12.9. The number of carbonyl (C=O) groups is 2. The van der Waals surface area contributed by atoms with E-state index in [2.05, 4.69) is 5.32 Å². The Morgan fingerprint density at radius 3 is 2.18 bits per heavy atom. The fraction of sp³-hybridized carbons (Fsp3) is 0.789. The van der Waals surface area contributed by atoms with Gasteiger partial charge in [-0.05, 0) is 47.6 Å². The average Bonchev–Trinajstić information content (AvgIpc) is 2.98. The highest BCUT2D eigenvalue weighted by atomic mass is 16.9. The number of ketones is 1. The monoisotopic (exact) mass is 399 g/mol. The molecule has 9 heteroatoms. The van der Waals surface area contributed by atoms with Crippen molar-refractivity contribution in [2.75, 3.05) is 0 Å². The second-order valence-corrected chi connectivity index (χ2v) is 8.42. The molecule has 0 amide bonds. The maximum absolute atomic E-state index is 11.5. The number of carboxylic acids is 1. The van der Waals surface area contributed by atoms with Crippen molar-refractivity contribution in [1.29, 1.82) is 0 Å². The minimum Gasteiger partial charge on any atom is -0.481 e. The number of nitrogens with one attached hydrogen (secondary N) is 1. The maximum Gasteiger partial charge on any atom is 0.305 e. The van der Waals surface area contributed by atoms with Gasteiger partial charge in [0.25, 0.3) is 0 Å². The van der Waals surface area contributed by atoms with Crippen molar-refractivity contribution in [2.24, 2.45) is 0 Å². The van der Waals surface area contributed by atoms with Gasteiger partial charge in [0, 0.05) is 5.70 Å². The van der Waals surface area contributed by atoms with Crippen LogP contribution in [0.3, 0.4) is 0 Å². The van der Waals surface area contributed by atoms with Gasteiger partial charge < -0.3 is 34.1 Å². The highest BCUT2D eigenvalue weighted by molar-refractivity contribution is 5.87. The smallest absolute Gasteiger partial charge is 0.305 e. The Hall–Kier alpha value is -1.52. The lowest BCUT2D eigenvalue weighted by molar-refractivity contribution is -0.240. The second-order valence-electron chi connectivity index (χ2n) is 8.42. The summed E-state index contributed by atoms with van der Waals surface area (Å²) in [7, 11) is 0. The van der Waals surface area contributed by atoms with E-state index >= 15 is 0 Å². The molecule has 3 heterocycles. The van der Waals surface area contributed by atoms with Crippen LogP contribution in [-0.2, 0) is 33.3 Å². The third-order valence-corrected chi connectivity index (χ3v) is 4.81. The van der Waals surface area contributed by atoms with Gasteiger partial charge in [0.2, 0.25) is 0 Å². The highest BCUT2D eigenvalue weighted by Crippen LogP contribution is 2.45. The molecule has 0 aromatic rings.